The summed E-state index contributed by atoms with van der Waals surface area (Å²) in [5.41, 5.74) is 14.5. The summed E-state index contributed by atoms with van der Waals surface area (Å²) in [4.78, 5) is 2.32. The predicted octanol–water partition coefficient (Wildman–Crippen LogP) is 15.3. The lowest BCUT2D eigenvalue weighted by Gasteiger charge is -2.26. The van der Waals surface area contributed by atoms with E-state index in [0.29, 0.717) is 5.39 Å². The predicted molar refractivity (Wildman–Crippen MR) is 239 cm³/mol. The summed E-state index contributed by atoms with van der Waals surface area (Å²) in [6.45, 7) is 0. The van der Waals surface area contributed by atoms with Crippen molar-refractivity contribution in [1.29, 1.82) is 0 Å². The molecule has 0 atom stereocenters. The molecule has 0 amide bonds. The molecule has 0 radical (unpaired) electrons. The van der Waals surface area contributed by atoms with Crippen molar-refractivity contribution in [3.05, 3.63) is 218 Å². The number of anilines is 3. The van der Waals surface area contributed by atoms with Crippen molar-refractivity contribution in [2.24, 2.45) is 0 Å². The number of rotatable bonds is 7. The molecule has 274 valence electrons. The molecule has 0 spiro atoms. The van der Waals surface area contributed by atoms with Crippen molar-refractivity contribution in [3.8, 4) is 39.1 Å². The van der Waals surface area contributed by atoms with Gasteiger partial charge in [-0.1, -0.05) is 133 Å². The van der Waals surface area contributed by atoms with Gasteiger partial charge in [-0.25, -0.2) is 4.39 Å². The molecule has 0 aliphatic rings. The minimum atomic E-state index is -0.211. The summed E-state index contributed by atoms with van der Waals surface area (Å²) >= 11 is 0. The second-order valence-electron chi connectivity index (χ2n) is 14.7. The molecular weight excluding hydrogens is 712 g/mol. The molecule has 0 aliphatic heterocycles. The van der Waals surface area contributed by atoms with Gasteiger partial charge in [0.2, 0.25) is 0 Å². The Morgan fingerprint density at radius 2 is 0.966 bits per heavy atom. The molecule has 11 aromatic rings. The van der Waals surface area contributed by atoms with E-state index in [4.69, 9.17) is 4.42 Å². The van der Waals surface area contributed by atoms with Crippen LogP contribution in [0.25, 0.3) is 82.8 Å². The zero-order valence-electron chi connectivity index (χ0n) is 31.4. The molecule has 9 aromatic carbocycles. The van der Waals surface area contributed by atoms with Crippen LogP contribution in [0.1, 0.15) is 0 Å². The van der Waals surface area contributed by atoms with Crippen molar-refractivity contribution in [2.45, 2.75) is 0 Å². The van der Waals surface area contributed by atoms with Crippen LogP contribution in [0.2, 0.25) is 0 Å². The topological polar surface area (TPSA) is 21.3 Å². The van der Waals surface area contributed by atoms with E-state index in [1.54, 1.807) is 6.07 Å². The molecular formula is C54H35FN2O. The maximum absolute atomic E-state index is 15.2. The molecule has 0 aliphatic carbocycles. The molecule has 0 bridgehead atoms. The van der Waals surface area contributed by atoms with E-state index in [1.165, 1.54) is 11.6 Å². The monoisotopic (exact) mass is 746 g/mol. The molecule has 2 aromatic heterocycles. The number of para-hydroxylation sites is 2. The molecule has 0 unspecified atom stereocenters. The Bertz CT molecular complexity index is 3290. The van der Waals surface area contributed by atoms with Crippen LogP contribution < -0.4 is 4.90 Å². The largest absolute Gasteiger partial charge is 0.456 e. The number of fused-ring (bicyclic) bond motifs is 6. The van der Waals surface area contributed by atoms with Gasteiger partial charge in [-0.3, -0.25) is 0 Å². The molecule has 58 heavy (non-hydrogen) atoms. The van der Waals surface area contributed by atoms with Crippen LogP contribution in [-0.2, 0) is 0 Å². The Balaban J connectivity index is 0.995. The lowest BCUT2D eigenvalue weighted by atomic mass is 9.99. The van der Waals surface area contributed by atoms with E-state index in [2.05, 4.69) is 161 Å². The van der Waals surface area contributed by atoms with Crippen molar-refractivity contribution in [3.63, 3.8) is 0 Å². The molecule has 2 heterocycles. The highest BCUT2D eigenvalue weighted by atomic mass is 19.1. The van der Waals surface area contributed by atoms with Gasteiger partial charge in [0.15, 0.2) is 0 Å². The van der Waals surface area contributed by atoms with Crippen molar-refractivity contribution >= 4 is 60.8 Å². The quantitative estimate of drug-likeness (QED) is 0.162. The first-order chi connectivity index (χ1) is 28.7. The van der Waals surface area contributed by atoms with Crippen LogP contribution in [-0.4, -0.2) is 4.57 Å². The lowest BCUT2D eigenvalue weighted by Crippen LogP contribution is -2.10. The number of aromatic nitrogens is 1. The second kappa shape index (κ2) is 13.8. The van der Waals surface area contributed by atoms with Crippen LogP contribution in [0, 0.1) is 5.82 Å². The Hall–Kier alpha value is -7.69. The summed E-state index contributed by atoms with van der Waals surface area (Å²) in [5, 5.41) is 3.79. The Labute approximate surface area is 335 Å². The Morgan fingerprint density at radius 3 is 1.78 bits per heavy atom. The number of hydrogen-bond donors (Lipinski definition) is 0. The smallest absolute Gasteiger partial charge is 0.136 e. The fourth-order valence-corrected chi connectivity index (χ4v) is 8.59. The van der Waals surface area contributed by atoms with Crippen molar-refractivity contribution < 1.29 is 8.81 Å². The van der Waals surface area contributed by atoms with Crippen LogP contribution in [0.5, 0.6) is 0 Å². The van der Waals surface area contributed by atoms with Crippen LogP contribution in [0.15, 0.2) is 217 Å². The maximum atomic E-state index is 15.2. The summed E-state index contributed by atoms with van der Waals surface area (Å²) in [5.74, 6) is -0.211. The zero-order valence-corrected chi connectivity index (χ0v) is 31.4. The lowest BCUT2D eigenvalue weighted by molar-refractivity contribution is 0.640. The van der Waals surface area contributed by atoms with E-state index < -0.39 is 0 Å². The minimum Gasteiger partial charge on any atom is -0.456 e. The van der Waals surface area contributed by atoms with Crippen LogP contribution >= 0.6 is 0 Å². The van der Waals surface area contributed by atoms with Crippen molar-refractivity contribution in [2.75, 3.05) is 4.90 Å². The fraction of sp³-hybridized carbons (Fsp3) is 0. The first-order valence-corrected chi connectivity index (χ1v) is 19.5. The van der Waals surface area contributed by atoms with Crippen LogP contribution in [0.4, 0.5) is 21.5 Å². The van der Waals surface area contributed by atoms with E-state index in [-0.39, 0.29) is 5.82 Å². The number of furan rings is 1. The Morgan fingerprint density at radius 1 is 0.379 bits per heavy atom. The summed E-state index contributed by atoms with van der Waals surface area (Å²) in [6.07, 6.45) is 0. The number of hydrogen-bond acceptors (Lipinski definition) is 2. The van der Waals surface area contributed by atoms with Gasteiger partial charge in [0, 0.05) is 44.3 Å². The van der Waals surface area contributed by atoms with E-state index in [9.17, 15) is 0 Å². The third kappa shape index (κ3) is 5.65. The first kappa shape index (κ1) is 33.6. The fourth-order valence-electron chi connectivity index (χ4n) is 8.59. The molecule has 11 rings (SSSR count). The summed E-state index contributed by atoms with van der Waals surface area (Å²) in [6, 6.07) is 73.2. The molecule has 4 heteroatoms. The third-order valence-electron chi connectivity index (χ3n) is 11.3. The van der Waals surface area contributed by atoms with Gasteiger partial charge in [-0.15, -0.1) is 0 Å². The SMILES string of the molecule is Fc1cccc2c1c1ccccc1n2-c1cccc(-c2ccc(N(c3ccc(-c4cccc5oc6ccccc6c45)cc3)c3cccc(-c4ccccc4)c3)cc2)c1. The first-order valence-electron chi connectivity index (χ1n) is 19.5. The second-order valence-corrected chi connectivity index (χ2v) is 14.7. The van der Waals surface area contributed by atoms with Crippen LogP contribution in [0.3, 0.4) is 0 Å². The van der Waals surface area contributed by atoms with E-state index in [0.717, 1.165) is 88.9 Å². The van der Waals surface area contributed by atoms with E-state index in [1.807, 2.05) is 48.5 Å². The van der Waals surface area contributed by atoms with Gasteiger partial charge in [0.1, 0.15) is 17.0 Å². The number of benzene rings is 9. The zero-order chi connectivity index (χ0) is 38.6. The third-order valence-corrected chi connectivity index (χ3v) is 11.3. The van der Waals surface area contributed by atoms with Gasteiger partial charge >= 0.3 is 0 Å². The summed E-state index contributed by atoms with van der Waals surface area (Å²) in [7, 11) is 0. The average Bonchev–Trinajstić information content (AvgIpc) is 3.84. The molecule has 3 nitrogen and oxygen atoms in total. The summed E-state index contributed by atoms with van der Waals surface area (Å²) < 4.78 is 23.6. The minimum absolute atomic E-state index is 0.211. The Kier molecular flexibility index (Phi) is 8.00. The number of halogens is 1. The van der Waals surface area contributed by atoms with E-state index >= 15 is 4.39 Å². The van der Waals surface area contributed by atoms with Crippen molar-refractivity contribution in [1.82, 2.24) is 4.57 Å². The molecule has 0 saturated heterocycles. The highest BCUT2D eigenvalue weighted by Gasteiger charge is 2.18. The van der Waals surface area contributed by atoms with Gasteiger partial charge in [0.05, 0.1) is 11.0 Å². The van der Waals surface area contributed by atoms with Gasteiger partial charge < -0.3 is 13.9 Å². The number of nitrogens with zero attached hydrogens (tertiary/aromatic N) is 2. The molecule has 0 N–H and O–H groups in total. The average molecular weight is 747 g/mol. The van der Waals surface area contributed by atoms with Gasteiger partial charge in [-0.2, -0.15) is 0 Å². The highest BCUT2D eigenvalue weighted by Crippen LogP contribution is 2.41. The molecule has 0 fully saturated rings. The van der Waals surface area contributed by atoms with Gasteiger partial charge in [-0.05, 0) is 112 Å². The van der Waals surface area contributed by atoms with Gasteiger partial charge in [0.25, 0.3) is 0 Å². The highest BCUT2D eigenvalue weighted by molar-refractivity contribution is 6.12. The normalized spacial score (nSPS) is 11.5. The standard InChI is InChI=1S/C54H35FN2O/c55-48-21-11-23-50-54(48)46-18-4-6-22-49(46)57(50)44-17-9-15-40(35-44)37-26-30-41(31-27-37)56(43-16-8-14-39(34-43)36-12-2-1-3-13-36)42-32-28-38(29-33-42)45-20-10-25-52-53(45)47-19-5-7-24-51(47)58-52/h1-35H. The molecule has 0 saturated carbocycles. The maximum Gasteiger partial charge on any atom is 0.136 e.